The summed E-state index contributed by atoms with van der Waals surface area (Å²) in [6, 6.07) is 4.95. The summed E-state index contributed by atoms with van der Waals surface area (Å²) in [4.78, 5) is 26.2. The first-order valence-corrected chi connectivity index (χ1v) is 4.62. The van der Waals surface area contributed by atoms with Gasteiger partial charge in [0.05, 0.1) is 12.8 Å². The Morgan fingerprint density at radius 2 is 2.19 bits per heavy atom. The van der Waals surface area contributed by atoms with Crippen LogP contribution >= 0.6 is 0 Å². The molecule has 5 heteroatoms. The molecule has 1 heterocycles. The van der Waals surface area contributed by atoms with Crippen molar-refractivity contribution in [3.8, 4) is 0 Å². The van der Waals surface area contributed by atoms with E-state index in [4.69, 9.17) is 4.42 Å². The molecule has 16 heavy (non-hydrogen) atoms. The fourth-order valence-electron chi connectivity index (χ4n) is 1.51. The molecule has 0 aliphatic rings. The molecular weight excluding hydrogens is 210 g/mol. The number of carbonyl (C=O) groups is 1. The molecule has 0 fully saturated rings. The number of benzene rings is 1. The number of aryl methyl sites for hydroxylation is 1. The van der Waals surface area contributed by atoms with Crippen LogP contribution in [0.4, 0.5) is 0 Å². The number of aromatic nitrogens is 1. The standard InChI is InChI=1S/C11H9NO4/c1-6-7-4-3-5-8(10(13)15-2)9(7)16-11(14)12-6/h3-5H,1-2H3. The van der Waals surface area contributed by atoms with Crippen LogP contribution < -0.4 is 5.76 Å². The van der Waals surface area contributed by atoms with Crippen LogP contribution in [0, 0.1) is 6.92 Å². The van der Waals surface area contributed by atoms with Crippen molar-refractivity contribution in [1.82, 2.24) is 4.98 Å². The lowest BCUT2D eigenvalue weighted by molar-refractivity contribution is 0.0601. The molecule has 1 aromatic carbocycles. The maximum Gasteiger partial charge on any atom is 0.439 e. The number of methoxy groups -OCH3 is 1. The summed E-state index contributed by atoms with van der Waals surface area (Å²) in [6.07, 6.45) is 0. The quantitative estimate of drug-likeness (QED) is 0.676. The average molecular weight is 219 g/mol. The minimum absolute atomic E-state index is 0.215. The van der Waals surface area contributed by atoms with E-state index < -0.39 is 11.7 Å². The van der Waals surface area contributed by atoms with E-state index in [1.807, 2.05) is 0 Å². The predicted molar refractivity (Wildman–Crippen MR) is 56.4 cm³/mol. The van der Waals surface area contributed by atoms with E-state index in [2.05, 4.69) is 9.72 Å². The van der Waals surface area contributed by atoms with Gasteiger partial charge in [0.1, 0.15) is 5.56 Å². The summed E-state index contributed by atoms with van der Waals surface area (Å²) in [7, 11) is 1.27. The lowest BCUT2D eigenvalue weighted by Crippen LogP contribution is -2.09. The van der Waals surface area contributed by atoms with Crippen LogP contribution in [0.5, 0.6) is 0 Å². The molecule has 0 aliphatic carbocycles. The molecule has 0 saturated carbocycles. The van der Waals surface area contributed by atoms with Crippen molar-refractivity contribution >= 4 is 16.9 Å². The van der Waals surface area contributed by atoms with Crippen LogP contribution in [0.2, 0.25) is 0 Å². The van der Waals surface area contributed by atoms with Crippen molar-refractivity contribution in [2.45, 2.75) is 6.92 Å². The highest BCUT2D eigenvalue weighted by Gasteiger charge is 2.14. The first-order valence-electron chi connectivity index (χ1n) is 4.62. The maximum absolute atomic E-state index is 11.4. The van der Waals surface area contributed by atoms with Crippen molar-refractivity contribution < 1.29 is 13.9 Å². The summed E-state index contributed by atoms with van der Waals surface area (Å²) < 4.78 is 9.53. The molecule has 0 amide bonds. The Bertz CT molecular complexity index is 615. The number of para-hydroxylation sites is 1. The first kappa shape index (κ1) is 10.4. The van der Waals surface area contributed by atoms with Gasteiger partial charge in [0.2, 0.25) is 0 Å². The Labute approximate surface area is 90.7 Å². The summed E-state index contributed by atoms with van der Waals surface area (Å²) in [5.41, 5.74) is 0.964. The SMILES string of the molecule is COC(=O)c1cccc2c(C)nc(=O)oc12. The largest absolute Gasteiger partial charge is 0.465 e. The van der Waals surface area contributed by atoms with Gasteiger partial charge in [0, 0.05) is 5.39 Å². The Morgan fingerprint density at radius 3 is 2.88 bits per heavy atom. The number of carbonyl (C=O) groups excluding carboxylic acids is 1. The van der Waals surface area contributed by atoms with E-state index in [0.717, 1.165) is 0 Å². The highest BCUT2D eigenvalue weighted by molar-refractivity contribution is 6.02. The van der Waals surface area contributed by atoms with Gasteiger partial charge in [-0.1, -0.05) is 6.07 Å². The van der Waals surface area contributed by atoms with Crippen LogP contribution in [-0.4, -0.2) is 18.1 Å². The van der Waals surface area contributed by atoms with Crippen molar-refractivity contribution in [2.24, 2.45) is 0 Å². The van der Waals surface area contributed by atoms with Crippen LogP contribution in [0.3, 0.4) is 0 Å². The fourth-order valence-corrected chi connectivity index (χ4v) is 1.51. The topological polar surface area (TPSA) is 69.4 Å². The highest BCUT2D eigenvalue weighted by Crippen LogP contribution is 2.19. The third-order valence-electron chi connectivity index (χ3n) is 2.26. The van der Waals surface area contributed by atoms with Crippen molar-refractivity contribution in [2.75, 3.05) is 7.11 Å². The van der Waals surface area contributed by atoms with Gasteiger partial charge in [-0.25, -0.2) is 9.59 Å². The molecule has 5 nitrogen and oxygen atoms in total. The van der Waals surface area contributed by atoms with Crippen LogP contribution in [0.25, 0.3) is 11.0 Å². The van der Waals surface area contributed by atoms with E-state index in [0.29, 0.717) is 11.1 Å². The van der Waals surface area contributed by atoms with Crippen LogP contribution in [-0.2, 0) is 4.74 Å². The van der Waals surface area contributed by atoms with Gasteiger partial charge in [0.25, 0.3) is 0 Å². The molecule has 0 atom stereocenters. The van der Waals surface area contributed by atoms with Crippen LogP contribution in [0.1, 0.15) is 16.1 Å². The van der Waals surface area contributed by atoms with E-state index in [1.165, 1.54) is 13.2 Å². The molecule has 0 bridgehead atoms. The zero-order chi connectivity index (χ0) is 11.7. The minimum atomic E-state index is -0.721. The molecule has 0 radical (unpaired) electrons. The lowest BCUT2D eigenvalue weighted by atomic mass is 10.1. The minimum Gasteiger partial charge on any atom is -0.465 e. The van der Waals surface area contributed by atoms with Gasteiger partial charge in [-0.15, -0.1) is 0 Å². The Hall–Kier alpha value is -2.17. The highest BCUT2D eigenvalue weighted by atomic mass is 16.5. The third-order valence-corrected chi connectivity index (χ3v) is 2.26. The normalized spacial score (nSPS) is 10.4. The molecule has 0 saturated heterocycles. The third kappa shape index (κ3) is 1.56. The van der Waals surface area contributed by atoms with E-state index in [9.17, 15) is 9.59 Å². The number of ether oxygens (including phenoxy) is 1. The second-order valence-electron chi connectivity index (χ2n) is 3.24. The molecule has 0 unspecified atom stereocenters. The number of hydrogen-bond acceptors (Lipinski definition) is 5. The maximum atomic E-state index is 11.4. The van der Waals surface area contributed by atoms with E-state index >= 15 is 0 Å². The monoisotopic (exact) mass is 219 g/mol. The number of nitrogens with zero attached hydrogens (tertiary/aromatic N) is 1. The molecule has 0 N–H and O–H groups in total. The molecule has 2 aromatic rings. The molecule has 82 valence electrons. The second kappa shape index (κ2) is 3.77. The second-order valence-corrected chi connectivity index (χ2v) is 3.24. The van der Waals surface area contributed by atoms with Crippen molar-refractivity contribution in [3.05, 3.63) is 40.0 Å². The Kier molecular flexibility index (Phi) is 2.44. The smallest absolute Gasteiger partial charge is 0.439 e. The Morgan fingerprint density at radius 1 is 1.44 bits per heavy atom. The summed E-state index contributed by atoms with van der Waals surface area (Å²) in [5.74, 6) is -1.26. The van der Waals surface area contributed by atoms with Gasteiger partial charge < -0.3 is 9.15 Å². The summed E-state index contributed by atoms with van der Waals surface area (Å²) in [6.45, 7) is 1.68. The van der Waals surface area contributed by atoms with Gasteiger partial charge in [0.15, 0.2) is 5.58 Å². The zero-order valence-electron chi connectivity index (χ0n) is 8.81. The van der Waals surface area contributed by atoms with Crippen molar-refractivity contribution in [3.63, 3.8) is 0 Å². The summed E-state index contributed by atoms with van der Waals surface area (Å²) >= 11 is 0. The fraction of sp³-hybridized carbons (Fsp3) is 0.182. The number of esters is 1. The first-order chi connectivity index (χ1) is 7.63. The molecular formula is C11H9NO4. The number of fused-ring (bicyclic) bond motifs is 1. The summed E-state index contributed by atoms with van der Waals surface area (Å²) in [5, 5.41) is 0.627. The van der Waals surface area contributed by atoms with E-state index in [-0.39, 0.29) is 11.1 Å². The number of hydrogen-bond donors (Lipinski definition) is 0. The van der Waals surface area contributed by atoms with Gasteiger partial charge in [-0.05, 0) is 19.1 Å². The molecule has 2 rings (SSSR count). The van der Waals surface area contributed by atoms with Crippen molar-refractivity contribution in [1.29, 1.82) is 0 Å². The van der Waals surface area contributed by atoms with Gasteiger partial charge in [-0.3, -0.25) is 0 Å². The molecule has 1 aromatic heterocycles. The predicted octanol–water partition coefficient (Wildman–Crippen LogP) is 1.28. The molecule has 0 aliphatic heterocycles. The zero-order valence-corrected chi connectivity index (χ0v) is 8.81. The number of rotatable bonds is 1. The average Bonchev–Trinajstić information content (AvgIpc) is 2.27. The van der Waals surface area contributed by atoms with E-state index in [1.54, 1.807) is 19.1 Å². The lowest BCUT2D eigenvalue weighted by Gasteiger charge is -2.03. The van der Waals surface area contributed by atoms with Crippen LogP contribution in [0.15, 0.2) is 27.4 Å². The molecule has 0 spiro atoms. The Balaban J connectivity index is 2.86. The van der Waals surface area contributed by atoms with Gasteiger partial charge in [-0.2, -0.15) is 4.98 Å². The van der Waals surface area contributed by atoms with Gasteiger partial charge >= 0.3 is 11.7 Å².